The first-order valence-electron chi connectivity index (χ1n) is 10.3. The number of ether oxygens (including phenoxy) is 1. The lowest BCUT2D eigenvalue weighted by molar-refractivity contribution is -0.565. The Morgan fingerprint density at radius 3 is 2.79 bits per heavy atom. The molecule has 3 atom stereocenters. The molecule has 5 heteroatoms. The smallest absolute Gasteiger partial charge is 0.201 e. The second kappa shape index (κ2) is 7.04. The van der Waals surface area contributed by atoms with Crippen molar-refractivity contribution in [1.29, 1.82) is 0 Å². The summed E-state index contributed by atoms with van der Waals surface area (Å²) in [6.07, 6.45) is 4.67. The van der Waals surface area contributed by atoms with Gasteiger partial charge in [-0.1, -0.05) is 47.6 Å². The van der Waals surface area contributed by atoms with E-state index in [-0.39, 0.29) is 17.6 Å². The minimum absolute atomic E-state index is 0.161. The highest BCUT2D eigenvalue weighted by Crippen LogP contribution is 2.60. The maximum absolute atomic E-state index is 11.7. The van der Waals surface area contributed by atoms with Gasteiger partial charge in [0.25, 0.3) is 0 Å². The van der Waals surface area contributed by atoms with Crippen molar-refractivity contribution in [2.75, 3.05) is 13.2 Å². The first kappa shape index (κ1) is 17.4. The third kappa shape index (κ3) is 2.99. The highest BCUT2D eigenvalue weighted by Gasteiger charge is 2.64. The van der Waals surface area contributed by atoms with Crippen LogP contribution in [0, 0.1) is 10.8 Å². The van der Waals surface area contributed by atoms with Crippen LogP contribution in [0.5, 0.6) is 5.75 Å². The van der Waals surface area contributed by atoms with E-state index in [1.165, 1.54) is 10.3 Å². The zero-order chi connectivity index (χ0) is 19.0. The zero-order valence-corrected chi connectivity index (χ0v) is 15.9. The number of para-hydroxylation sites is 1. The van der Waals surface area contributed by atoms with Gasteiger partial charge < -0.3 is 9.57 Å². The molecule has 1 saturated heterocycles. The average Bonchev–Trinajstić information content (AvgIpc) is 3.34. The summed E-state index contributed by atoms with van der Waals surface area (Å²) in [7, 11) is 0. The quantitative estimate of drug-likeness (QED) is 0.425. The molecule has 0 N–H and O–H groups in total. The van der Waals surface area contributed by atoms with E-state index in [1.807, 2.05) is 24.3 Å². The molecule has 144 valence electrons. The molecule has 0 aromatic heterocycles. The first-order valence-corrected chi connectivity index (χ1v) is 10.3. The van der Waals surface area contributed by atoms with Gasteiger partial charge in [0.2, 0.25) is 6.04 Å². The number of oxime groups is 1. The van der Waals surface area contributed by atoms with E-state index in [4.69, 9.17) is 9.57 Å². The molecule has 3 aliphatic rings. The fourth-order valence-corrected chi connectivity index (χ4v) is 4.63. The van der Waals surface area contributed by atoms with Gasteiger partial charge in [0.1, 0.15) is 18.0 Å². The van der Waals surface area contributed by atoms with Gasteiger partial charge in [0.05, 0.1) is 11.6 Å². The Labute approximate surface area is 164 Å². The third-order valence-electron chi connectivity index (χ3n) is 6.22. The fourth-order valence-electron chi connectivity index (χ4n) is 4.63. The Balaban J connectivity index is 1.31. The molecule has 0 amide bonds. The molecule has 1 saturated carbocycles. The maximum atomic E-state index is 11.7. The lowest BCUT2D eigenvalue weighted by Gasteiger charge is -2.27. The van der Waals surface area contributed by atoms with Crippen LogP contribution in [0.4, 0.5) is 0 Å². The van der Waals surface area contributed by atoms with Crippen molar-refractivity contribution in [1.82, 2.24) is 0 Å². The molecule has 2 fully saturated rings. The fraction of sp³-hybridized carbons (Fsp3) is 0.435. The van der Waals surface area contributed by atoms with Crippen LogP contribution < -0.4 is 4.74 Å². The molecule has 2 aliphatic heterocycles. The van der Waals surface area contributed by atoms with Crippen LogP contribution in [0.1, 0.15) is 43.2 Å². The van der Waals surface area contributed by atoms with E-state index >= 15 is 0 Å². The predicted molar refractivity (Wildman–Crippen MR) is 107 cm³/mol. The average molecular weight is 377 g/mol. The van der Waals surface area contributed by atoms with Crippen molar-refractivity contribution in [3.63, 3.8) is 0 Å². The number of benzene rings is 2. The summed E-state index contributed by atoms with van der Waals surface area (Å²) >= 11 is 0. The molecule has 0 spiro atoms. The number of hydrogen-bond donors (Lipinski definition) is 0. The molecule has 2 aromatic carbocycles. The van der Waals surface area contributed by atoms with Crippen molar-refractivity contribution in [2.24, 2.45) is 11.1 Å². The van der Waals surface area contributed by atoms with Gasteiger partial charge >= 0.3 is 0 Å². The summed E-state index contributed by atoms with van der Waals surface area (Å²) in [6, 6.07) is 18.6. The third-order valence-corrected chi connectivity index (χ3v) is 6.22. The van der Waals surface area contributed by atoms with Crippen molar-refractivity contribution >= 4 is 5.71 Å². The lowest BCUT2D eigenvalue weighted by atomic mass is 9.96. The topological polar surface area (TPSA) is 50.9 Å². The van der Waals surface area contributed by atoms with Crippen LogP contribution in [-0.2, 0) is 10.4 Å². The maximum Gasteiger partial charge on any atom is 0.201 e. The summed E-state index contributed by atoms with van der Waals surface area (Å²) in [4.78, 5) is 17.4. The number of nitroso groups, excluding NO2 is 1. The summed E-state index contributed by atoms with van der Waals surface area (Å²) in [5.74, 6) is 1.09. The Morgan fingerprint density at radius 1 is 1.14 bits per heavy atom. The van der Waals surface area contributed by atoms with Crippen molar-refractivity contribution in [3.05, 3.63) is 70.6 Å². The molecule has 3 unspecified atom stereocenters. The Hall–Kier alpha value is -2.69. The molecule has 2 aromatic rings. The van der Waals surface area contributed by atoms with Gasteiger partial charge in [-0.25, -0.2) is 0 Å². The SMILES string of the molecule is O=[N+]1CCCC1CCCON=C1c2ccccc2OC2(c3ccccc3)CC12. The van der Waals surface area contributed by atoms with E-state index in [0.717, 1.165) is 49.1 Å². The molecule has 2 heterocycles. The molecule has 5 rings (SSSR count). The van der Waals surface area contributed by atoms with Crippen LogP contribution in [0.25, 0.3) is 0 Å². The first-order chi connectivity index (χ1) is 13.8. The van der Waals surface area contributed by atoms with Crippen molar-refractivity contribution in [3.8, 4) is 5.75 Å². The van der Waals surface area contributed by atoms with E-state index < -0.39 is 0 Å². The number of hydrogen-bond acceptors (Lipinski definition) is 4. The van der Waals surface area contributed by atoms with Crippen LogP contribution in [0.2, 0.25) is 0 Å². The van der Waals surface area contributed by atoms with Gasteiger partial charge in [-0.2, -0.15) is 0 Å². The summed E-state index contributed by atoms with van der Waals surface area (Å²) in [5.41, 5.74) is 2.89. The van der Waals surface area contributed by atoms with Crippen molar-refractivity contribution < 1.29 is 14.3 Å². The minimum Gasteiger partial charge on any atom is -0.481 e. The standard InChI is InChI=1S/C23H25N2O3/c26-25-14-6-10-18(25)11-7-15-27-24-22-19-12-4-5-13-21(19)28-23(16-20(22)23)17-8-2-1-3-9-17/h1-5,8-9,12-13,18,20H,6-7,10-11,14-16H2/q+1. The number of fused-ring (bicyclic) bond motifs is 2. The predicted octanol–water partition coefficient (Wildman–Crippen LogP) is 4.44. The molecule has 1 aliphatic carbocycles. The second-order valence-electron chi connectivity index (χ2n) is 8.00. The van der Waals surface area contributed by atoms with Gasteiger partial charge in [0.15, 0.2) is 6.54 Å². The Morgan fingerprint density at radius 2 is 1.96 bits per heavy atom. The summed E-state index contributed by atoms with van der Waals surface area (Å²) in [6.45, 7) is 1.22. The van der Waals surface area contributed by atoms with Crippen LogP contribution >= 0.6 is 0 Å². The normalized spacial score (nSPS) is 29.1. The molecule has 28 heavy (non-hydrogen) atoms. The van der Waals surface area contributed by atoms with Gasteiger partial charge in [-0.15, -0.1) is 0 Å². The van der Waals surface area contributed by atoms with Crippen LogP contribution in [0.15, 0.2) is 59.8 Å². The second-order valence-corrected chi connectivity index (χ2v) is 8.00. The van der Waals surface area contributed by atoms with Crippen LogP contribution in [0.3, 0.4) is 0 Å². The Kier molecular flexibility index (Phi) is 4.38. The van der Waals surface area contributed by atoms with Crippen LogP contribution in [-0.4, -0.2) is 29.7 Å². The van der Waals surface area contributed by atoms with Gasteiger partial charge in [-0.05, 0) is 24.1 Å². The minimum atomic E-state index is -0.315. The molecular weight excluding hydrogens is 352 g/mol. The van der Waals surface area contributed by atoms with E-state index in [0.29, 0.717) is 13.2 Å². The zero-order valence-electron chi connectivity index (χ0n) is 15.9. The van der Waals surface area contributed by atoms with E-state index in [1.54, 1.807) is 0 Å². The number of nitrogens with zero attached hydrogens (tertiary/aromatic N) is 2. The monoisotopic (exact) mass is 377 g/mol. The highest BCUT2D eigenvalue weighted by atomic mass is 16.6. The number of rotatable bonds is 6. The van der Waals surface area contributed by atoms with E-state index in [2.05, 4.69) is 35.5 Å². The lowest BCUT2D eigenvalue weighted by Crippen LogP contribution is -2.28. The highest BCUT2D eigenvalue weighted by molar-refractivity contribution is 6.08. The van der Waals surface area contributed by atoms with Crippen molar-refractivity contribution in [2.45, 2.75) is 43.7 Å². The summed E-state index contributed by atoms with van der Waals surface area (Å²) in [5, 5.41) is 4.55. The summed E-state index contributed by atoms with van der Waals surface area (Å²) < 4.78 is 7.66. The van der Waals surface area contributed by atoms with Gasteiger partial charge in [-0.3, -0.25) is 0 Å². The molecule has 0 bridgehead atoms. The largest absolute Gasteiger partial charge is 0.481 e. The molecular formula is C23H25N2O3+. The van der Waals surface area contributed by atoms with Gasteiger partial charge in [0, 0.05) is 40.9 Å². The molecule has 0 radical (unpaired) electrons. The molecule has 5 nitrogen and oxygen atoms in total. The van der Waals surface area contributed by atoms with E-state index in [9.17, 15) is 4.91 Å². The Bertz CT molecular complexity index is 911.